The summed E-state index contributed by atoms with van der Waals surface area (Å²) < 4.78 is 32.8. The van der Waals surface area contributed by atoms with Crippen molar-refractivity contribution in [1.29, 1.82) is 0 Å². The third-order valence-electron chi connectivity index (χ3n) is 3.60. The first-order valence-electron chi connectivity index (χ1n) is 7.19. The first-order chi connectivity index (χ1) is 11.0. The van der Waals surface area contributed by atoms with Gasteiger partial charge in [0.25, 0.3) is 0 Å². The third kappa shape index (κ3) is 3.29. The molecule has 23 heavy (non-hydrogen) atoms. The number of nitrogens with one attached hydrogen (secondary N) is 1. The molecule has 0 aliphatic rings. The number of furan rings is 1. The Morgan fingerprint density at radius 3 is 2.57 bits per heavy atom. The fourth-order valence-corrected chi connectivity index (χ4v) is 3.70. The van der Waals surface area contributed by atoms with Gasteiger partial charge in [-0.25, -0.2) is 13.1 Å². The van der Waals surface area contributed by atoms with Gasteiger partial charge in [-0.1, -0.05) is 36.4 Å². The summed E-state index contributed by atoms with van der Waals surface area (Å²) in [6, 6.07) is 15.7. The highest BCUT2D eigenvalue weighted by Gasteiger charge is 2.20. The maximum Gasteiger partial charge on any atom is 0.241 e. The number of sulfonamides is 1. The Hall–Kier alpha value is -2.15. The molecule has 1 unspecified atom stereocenters. The molecular weight excluding hydrogens is 314 g/mol. The molecule has 0 aliphatic heterocycles. The summed E-state index contributed by atoms with van der Waals surface area (Å²) in [7, 11) is -3.73. The van der Waals surface area contributed by atoms with Crippen LogP contribution in [0.1, 0.15) is 17.6 Å². The fraction of sp³-hybridized carbons (Fsp3) is 0.176. The van der Waals surface area contributed by atoms with Gasteiger partial charge in [-0.2, -0.15) is 0 Å². The van der Waals surface area contributed by atoms with Crippen LogP contribution < -0.4 is 4.72 Å². The quantitative estimate of drug-likeness (QED) is 0.753. The molecule has 0 radical (unpaired) electrons. The fourth-order valence-electron chi connectivity index (χ4n) is 2.43. The number of benzene rings is 2. The summed E-state index contributed by atoms with van der Waals surface area (Å²) in [6.07, 6.45) is -1.03. The summed E-state index contributed by atoms with van der Waals surface area (Å²) in [5, 5.41) is 11.5. The molecule has 0 spiro atoms. The average molecular weight is 331 g/mol. The minimum atomic E-state index is -3.73. The molecule has 1 heterocycles. The minimum absolute atomic E-state index is 0.154. The lowest BCUT2D eigenvalue weighted by Gasteiger charge is -2.12. The SMILES string of the molecule is Cc1ccc(C(O)CNS(=O)(=O)c2cccc3ccccc23)o1. The molecule has 0 bridgehead atoms. The van der Waals surface area contributed by atoms with Crippen molar-refractivity contribution in [3.63, 3.8) is 0 Å². The molecule has 1 aromatic heterocycles. The molecular formula is C17H17NO4S. The summed E-state index contributed by atoms with van der Waals surface area (Å²) in [6.45, 7) is 1.61. The lowest BCUT2D eigenvalue weighted by molar-refractivity contribution is 0.152. The topological polar surface area (TPSA) is 79.5 Å². The molecule has 0 aliphatic carbocycles. The summed E-state index contributed by atoms with van der Waals surface area (Å²) in [4.78, 5) is 0.193. The molecule has 2 aromatic carbocycles. The Bertz CT molecular complexity index is 925. The van der Waals surface area contributed by atoms with Crippen LogP contribution in [0.15, 0.2) is 63.9 Å². The normalized spacial score (nSPS) is 13.3. The van der Waals surface area contributed by atoms with Gasteiger partial charge in [0.05, 0.1) is 4.90 Å². The highest BCUT2D eigenvalue weighted by Crippen LogP contribution is 2.23. The standard InChI is InChI=1S/C17H17NO4S/c1-12-9-10-16(22-12)15(19)11-18-23(20,21)17-8-4-6-13-5-2-3-7-14(13)17/h2-10,15,18-19H,11H2,1H3. The second-order valence-corrected chi connectivity index (χ2v) is 7.03. The Kier molecular flexibility index (Phi) is 4.21. The van der Waals surface area contributed by atoms with Crippen molar-refractivity contribution < 1.29 is 17.9 Å². The van der Waals surface area contributed by atoms with Gasteiger partial charge in [0, 0.05) is 11.9 Å². The van der Waals surface area contributed by atoms with E-state index in [-0.39, 0.29) is 11.4 Å². The summed E-state index contributed by atoms with van der Waals surface area (Å²) in [5.74, 6) is 0.999. The van der Waals surface area contributed by atoms with Crippen LogP contribution >= 0.6 is 0 Å². The van der Waals surface area contributed by atoms with Crippen molar-refractivity contribution in [3.8, 4) is 0 Å². The second kappa shape index (κ2) is 6.16. The molecule has 3 rings (SSSR count). The first-order valence-corrected chi connectivity index (χ1v) is 8.67. The zero-order valence-corrected chi connectivity index (χ0v) is 13.4. The minimum Gasteiger partial charge on any atom is -0.464 e. The van der Waals surface area contributed by atoms with E-state index in [0.29, 0.717) is 16.9 Å². The predicted molar refractivity (Wildman–Crippen MR) is 87.5 cm³/mol. The highest BCUT2D eigenvalue weighted by molar-refractivity contribution is 7.89. The predicted octanol–water partition coefficient (Wildman–Crippen LogP) is 2.75. The molecule has 120 valence electrons. The van der Waals surface area contributed by atoms with Gasteiger partial charge < -0.3 is 9.52 Å². The van der Waals surface area contributed by atoms with E-state index in [9.17, 15) is 13.5 Å². The summed E-state index contributed by atoms with van der Waals surface area (Å²) in [5.41, 5.74) is 0. The van der Waals surface area contributed by atoms with Gasteiger partial charge in [-0.15, -0.1) is 0 Å². The first kappa shape index (κ1) is 15.7. The van der Waals surface area contributed by atoms with Crippen molar-refractivity contribution >= 4 is 20.8 Å². The molecule has 0 saturated heterocycles. The highest BCUT2D eigenvalue weighted by atomic mass is 32.2. The van der Waals surface area contributed by atoms with Crippen LogP contribution in [0.5, 0.6) is 0 Å². The van der Waals surface area contributed by atoms with Crippen LogP contribution in [0.2, 0.25) is 0 Å². The molecule has 6 heteroatoms. The lowest BCUT2D eigenvalue weighted by Crippen LogP contribution is -2.28. The van der Waals surface area contributed by atoms with Crippen LogP contribution in [0, 0.1) is 6.92 Å². The molecule has 3 aromatic rings. The van der Waals surface area contributed by atoms with Gasteiger partial charge in [-0.3, -0.25) is 0 Å². The number of aliphatic hydroxyl groups excluding tert-OH is 1. The Balaban J connectivity index is 1.84. The Morgan fingerprint density at radius 2 is 1.83 bits per heavy atom. The monoisotopic (exact) mass is 331 g/mol. The van der Waals surface area contributed by atoms with Gasteiger partial charge in [-0.05, 0) is 30.5 Å². The third-order valence-corrected chi connectivity index (χ3v) is 5.08. The van der Waals surface area contributed by atoms with Gasteiger partial charge >= 0.3 is 0 Å². The molecule has 0 saturated carbocycles. The van der Waals surface area contributed by atoms with Crippen LogP contribution in [0.25, 0.3) is 10.8 Å². The summed E-state index contributed by atoms with van der Waals surface area (Å²) >= 11 is 0. The van der Waals surface area contributed by atoms with Crippen molar-refractivity contribution in [2.45, 2.75) is 17.9 Å². The van der Waals surface area contributed by atoms with E-state index in [1.807, 2.05) is 18.2 Å². The number of rotatable bonds is 5. The molecule has 1 atom stereocenters. The van der Waals surface area contributed by atoms with Crippen molar-refractivity contribution in [1.82, 2.24) is 4.72 Å². The molecule has 5 nitrogen and oxygen atoms in total. The van der Waals surface area contributed by atoms with Crippen LogP contribution in [-0.2, 0) is 10.0 Å². The zero-order valence-electron chi connectivity index (χ0n) is 12.6. The van der Waals surface area contributed by atoms with Crippen LogP contribution in [0.3, 0.4) is 0 Å². The van der Waals surface area contributed by atoms with E-state index >= 15 is 0 Å². The zero-order chi connectivity index (χ0) is 16.4. The van der Waals surface area contributed by atoms with Crippen LogP contribution in [-0.4, -0.2) is 20.1 Å². The van der Waals surface area contributed by atoms with Crippen molar-refractivity contribution in [2.75, 3.05) is 6.54 Å². The Morgan fingerprint density at radius 1 is 1.09 bits per heavy atom. The van der Waals surface area contributed by atoms with Crippen molar-refractivity contribution in [3.05, 3.63) is 66.1 Å². The average Bonchev–Trinajstić information content (AvgIpc) is 2.98. The van der Waals surface area contributed by atoms with Gasteiger partial charge in [0.2, 0.25) is 10.0 Å². The second-order valence-electron chi connectivity index (χ2n) is 5.29. The number of aliphatic hydroxyl groups is 1. The number of aryl methyl sites for hydroxylation is 1. The molecule has 0 amide bonds. The molecule has 2 N–H and O–H groups in total. The van der Waals surface area contributed by atoms with E-state index in [0.717, 1.165) is 5.39 Å². The van der Waals surface area contributed by atoms with E-state index in [1.165, 1.54) is 0 Å². The number of fused-ring (bicyclic) bond motifs is 1. The van der Waals surface area contributed by atoms with E-state index in [4.69, 9.17) is 4.42 Å². The number of hydrogen-bond donors (Lipinski definition) is 2. The van der Waals surface area contributed by atoms with E-state index in [2.05, 4.69) is 4.72 Å². The smallest absolute Gasteiger partial charge is 0.241 e. The molecule has 0 fully saturated rings. The maximum atomic E-state index is 12.5. The van der Waals surface area contributed by atoms with Gasteiger partial charge in [0.1, 0.15) is 17.6 Å². The van der Waals surface area contributed by atoms with Gasteiger partial charge in [0.15, 0.2) is 0 Å². The van der Waals surface area contributed by atoms with Crippen molar-refractivity contribution in [2.24, 2.45) is 0 Å². The number of hydrogen-bond acceptors (Lipinski definition) is 4. The Labute approximate surface area is 134 Å². The van der Waals surface area contributed by atoms with E-state index in [1.54, 1.807) is 43.3 Å². The van der Waals surface area contributed by atoms with Crippen LogP contribution in [0.4, 0.5) is 0 Å². The lowest BCUT2D eigenvalue weighted by atomic mass is 10.1. The largest absolute Gasteiger partial charge is 0.464 e. The maximum absolute atomic E-state index is 12.5. The van der Waals surface area contributed by atoms with E-state index < -0.39 is 16.1 Å².